The third-order valence-electron chi connectivity index (χ3n) is 4.49. The van der Waals surface area contributed by atoms with E-state index in [1.807, 2.05) is 19.9 Å². The Balaban J connectivity index is 1.65. The third kappa shape index (κ3) is 3.96. The maximum Gasteiger partial charge on any atom is 0.357 e. The summed E-state index contributed by atoms with van der Waals surface area (Å²) < 4.78 is 12.9. The van der Waals surface area contributed by atoms with E-state index in [-0.39, 0.29) is 24.2 Å². The van der Waals surface area contributed by atoms with Gasteiger partial charge in [0.2, 0.25) is 5.78 Å². The van der Waals surface area contributed by atoms with Crippen molar-refractivity contribution in [1.82, 2.24) is 9.55 Å². The molecular formula is C19H22N2O4. The van der Waals surface area contributed by atoms with E-state index in [1.54, 1.807) is 18.2 Å². The molecule has 3 rings (SSSR count). The molecule has 0 unspecified atom stereocenters. The lowest BCUT2D eigenvalue weighted by Gasteiger charge is -2.14. The molecule has 0 bridgehead atoms. The Morgan fingerprint density at radius 1 is 1.36 bits per heavy atom. The number of carbonyl (C=O) groups is 2. The molecule has 1 atom stereocenters. The lowest BCUT2D eigenvalue weighted by molar-refractivity contribution is 0.0468. The zero-order valence-electron chi connectivity index (χ0n) is 14.5. The smallest absolute Gasteiger partial charge is 0.357 e. The second-order valence-corrected chi connectivity index (χ2v) is 6.24. The van der Waals surface area contributed by atoms with Crippen LogP contribution < -0.4 is 0 Å². The highest BCUT2D eigenvalue weighted by Crippen LogP contribution is 2.20. The van der Waals surface area contributed by atoms with Crippen molar-refractivity contribution in [3.05, 3.63) is 53.1 Å². The van der Waals surface area contributed by atoms with Crippen LogP contribution in [0.5, 0.6) is 0 Å². The predicted molar refractivity (Wildman–Crippen MR) is 91.7 cm³/mol. The molecule has 0 amide bonds. The molecule has 0 radical (unpaired) electrons. The molecule has 6 heteroatoms. The Bertz CT molecular complexity index is 761. The highest BCUT2D eigenvalue weighted by molar-refractivity contribution is 6.00. The van der Waals surface area contributed by atoms with Crippen molar-refractivity contribution in [1.29, 1.82) is 0 Å². The average molecular weight is 342 g/mol. The molecule has 1 fully saturated rings. The van der Waals surface area contributed by atoms with Gasteiger partial charge in [-0.3, -0.25) is 4.79 Å². The van der Waals surface area contributed by atoms with Crippen LogP contribution in [0.15, 0.2) is 30.5 Å². The summed E-state index contributed by atoms with van der Waals surface area (Å²) in [5.74, 6) is -0.807. The number of ketones is 1. The van der Waals surface area contributed by atoms with Crippen LogP contribution in [0.2, 0.25) is 0 Å². The van der Waals surface area contributed by atoms with Crippen LogP contribution in [0.25, 0.3) is 0 Å². The summed E-state index contributed by atoms with van der Waals surface area (Å²) in [5, 5.41) is 0. The number of aromatic nitrogens is 2. The number of nitrogens with zero attached hydrogens (tertiary/aromatic N) is 2. The fraction of sp³-hybridized carbons (Fsp3) is 0.421. The molecule has 3 heterocycles. The highest BCUT2D eigenvalue weighted by Gasteiger charge is 2.22. The molecule has 25 heavy (non-hydrogen) atoms. The van der Waals surface area contributed by atoms with Crippen LogP contribution in [0.4, 0.5) is 0 Å². The summed E-state index contributed by atoms with van der Waals surface area (Å²) in [7, 11) is 0. The fourth-order valence-corrected chi connectivity index (χ4v) is 3.12. The van der Waals surface area contributed by atoms with Gasteiger partial charge < -0.3 is 14.0 Å². The van der Waals surface area contributed by atoms with E-state index < -0.39 is 5.97 Å². The Kier molecular flexibility index (Phi) is 5.28. The van der Waals surface area contributed by atoms with Gasteiger partial charge in [0, 0.05) is 36.3 Å². The number of rotatable bonds is 6. The number of carbonyl (C=O) groups excluding carboxylic acids is 2. The molecule has 2 aromatic heterocycles. The minimum absolute atomic E-state index is 0.194. The van der Waals surface area contributed by atoms with Crippen molar-refractivity contribution in [3.8, 4) is 0 Å². The topological polar surface area (TPSA) is 70.4 Å². The van der Waals surface area contributed by atoms with E-state index in [0.717, 1.165) is 37.4 Å². The van der Waals surface area contributed by atoms with Gasteiger partial charge in [0.1, 0.15) is 5.69 Å². The van der Waals surface area contributed by atoms with Crippen LogP contribution in [0, 0.1) is 13.8 Å². The summed E-state index contributed by atoms with van der Waals surface area (Å²) >= 11 is 0. The van der Waals surface area contributed by atoms with Crippen LogP contribution in [0.1, 0.15) is 45.1 Å². The van der Waals surface area contributed by atoms with Crippen molar-refractivity contribution in [2.24, 2.45) is 0 Å². The van der Waals surface area contributed by atoms with Crippen molar-refractivity contribution in [2.45, 2.75) is 39.3 Å². The second-order valence-electron chi connectivity index (χ2n) is 6.24. The summed E-state index contributed by atoms with van der Waals surface area (Å²) in [6.45, 7) is 5.14. The SMILES string of the molecule is Cc1cc(C(=O)COC(=O)c2ccccn2)c(C)n1C[C@H]1CCCO1. The second kappa shape index (κ2) is 7.61. The van der Waals surface area contributed by atoms with Gasteiger partial charge >= 0.3 is 5.97 Å². The molecule has 1 saturated heterocycles. The third-order valence-corrected chi connectivity index (χ3v) is 4.49. The van der Waals surface area contributed by atoms with Crippen LogP contribution in [-0.2, 0) is 16.0 Å². The van der Waals surface area contributed by atoms with Gasteiger partial charge in [-0.1, -0.05) is 6.07 Å². The molecule has 6 nitrogen and oxygen atoms in total. The molecule has 132 valence electrons. The quantitative estimate of drug-likeness (QED) is 0.596. The largest absolute Gasteiger partial charge is 0.453 e. The molecule has 0 saturated carbocycles. The first-order valence-corrected chi connectivity index (χ1v) is 8.46. The molecule has 1 aliphatic heterocycles. The Labute approximate surface area is 146 Å². The van der Waals surface area contributed by atoms with Gasteiger partial charge in [0.15, 0.2) is 6.61 Å². The summed E-state index contributed by atoms with van der Waals surface area (Å²) in [5.41, 5.74) is 2.67. The number of aryl methyl sites for hydroxylation is 1. The molecule has 2 aromatic rings. The molecule has 1 aliphatic rings. The fourth-order valence-electron chi connectivity index (χ4n) is 3.12. The first-order valence-electron chi connectivity index (χ1n) is 8.46. The van der Waals surface area contributed by atoms with E-state index in [4.69, 9.17) is 9.47 Å². The maximum absolute atomic E-state index is 12.5. The summed E-state index contributed by atoms with van der Waals surface area (Å²) in [6.07, 6.45) is 3.84. The maximum atomic E-state index is 12.5. The van der Waals surface area contributed by atoms with Gasteiger partial charge in [-0.05, 0) is 44.9 Å². The molecule has 0 spiro atoms. The van der Waals surface area contributed by atoms with E-state index in [1.165, 1.54) is 6.20 Å². The van der Waals surface area contributed by atoms with Crippen molar-refractivity contribution >= 4 is 11.8 Å². The first-order chi connectivity index (χ1) is 12.1. The van der Waals surface area contributed by atoms with Gasteiger partial charge in [-0.15, -0.1) is 0 Å². The lowest BCUT2D eigenvalue weighted by Crippen LogP contribution is -2.18. The minimum atomic E-state index is -0.595. The van der Waals surface area contributed by atoms with E-state index in [9.17, 15) is 9.59 Å². The predicted octanol–water partition coefficient (Wildman–Crippen LogP) is 2.72. The van der Waals surface area contributed by atoms with E-state index >= 15 is 0 Å². The van der Waals surface area contributed by atoms with Crippen LogP contribution in [0.3, 0.4) is 0 Å². The first kappa shape index (κ1) is 17.4. The number of hydrogen-bond acceptors (Lipinski definition) is 5. The highest BCUT2D eigenvalue weighted by atomic mass is 16.5. The minimum Gasteiger partial charge on any atom is -0.453 e. The average Bonchev–Trinajstić information content (AvgIpc) is 3.24. The Hall–Kier alpha value is -2.47. The van der Waals surface area contributed by atoms with Gasteiger partial charge in [-0.25, -0.2) is 9.78 Å². The standard InChI is InChI=1S/C19H22N2O4/c1-13-10-16(14(2)21(13)11-15-6-5-9-24-15)18(22)12-25-19(23)17-7-3-4-8-20-17/h3-4,7-8,10,15H,5-6,9,11-12H2,1-2H3/t15-/m1/s1. The molecule has 0 N–H and O–H groups in total. The van der Waals surface area contributed by atoms with Gasteiger partial charge in [0.05, 0.1) is 6.10 Å². The monoisotopic (exact) mass is 342 g/mol. The zero-order chi connectivity index (χ0) is 17.8. The number of ether oxygens (including phenoxy) is 2. The molecular weight excluding hydrogens is 320 g/mol. The summed E-state index contributed by atoms with van der Waals surface area (Å²) in [6, 6.07) is 6.82. The Morgan fingerprint density at radius 2 is 2.20 bits per heavy atom. The normalized spacial score (nSPS) is 16.8. The number of Topliss-reactive ketones (excluding diaryl/α,β-unsaturated/α-hetero) is 1. The van der Waals surface area contributed by atoms with Crippen LogP contribution >= 0.6 is 0 Å². The number of pyridine rings is 1. The molecule has 0 aromatic carbocycles. The number of esters is 1. The molecule has 0 aliphatic carbocycles. The zero-order valence-corrected chi connectivity index (χ0v) is 14.5. The van der Waals surface area contributed by atoms with Gasteiger partial charge in [0.25, 0.3) is 0 Å². The van der Waals surface area contributed by atoms with E-state index in [2.05, 4.69) is 9.55 Å². The summed E-state index contributed by atoms with van der Waals surface area (Å²) in [4.78, 5) is 28.3. The van der Waals surface area contributed by atoms with E-state index in [0.29, 0.717) is 5.56 Å². The lowest BCUT2D eigenvalue weighted by atomic mass is 10.1. The van der Waals surface area contributed by atoms with Crippen molar-refractivity contribution in [2.75, 3.05) is 13.2 Å². The van der Waals surface area contributed by atoms with Crippen LogP contribution in [-0.4, -0.2) is 40.6 Å². The van der Waals surface area contributed by atoms with Gasteiger partial charge in [-0.2, -0.15) is 0 Å². The van der Waals surface area contributed by atoms with Crippen molar-refractivity contribution in [3.63, 3.8) is 0 Å². The number of hydrogen-bond donors (Lipinski definition) is 0. The van der Waals surface area contributed by atoms with Crippen molar-refractivity contribution < 1.29 is 19.1 Å². The Morgan fingerprint density at radius 3 is 2.88 bits per heavy atom.